The van der Waals surface area contributed by atoms with Crippen LogP contribution in [0, 0.1) is 0 Å². The second-order valence-electron chi connectivity index (χ2n) is 7.81. The third kappa shape index (κ3) is 4.63. The number of nitrogens with zero attached hydrogens (tertiary/aromatic N) is 2. The lowest BCUT2D eigenvalue weighted by Gasteiger charge is -2.36. The molecular weight excluding hydrogens is 444 g/mol. The Balaban J connectivity index is 1.39. The number of benzene rings is 2. The van der Waals surface area contributed by atoms with Gasteiger partial charge in [0.1, 0.15) is 12.7 Å². The van der Waals surface area contributed by atoms with Crippen LogP contribution in [0.15, 0.2) is 41.3 Å². The van der Waals surface area contributed by atoms with Gasteiger partial charge in [-0.25, -0.2) is 13.2 Å². The van der Waals surface area contributed by atoms with Crippen LogP contribution in [0.3, 0.4) is 0 Å². The van der Waals surface area contributed by atoms with Gasteiger partial charge in [0.05, 0.1) is 17.2 Å². The van der Waals surface area contributed by atoms with Gasteiger partial charge in [-0.15, -0.1) is 0 Å². The van der Waals surface area contributed by atoms with E-state index < -0.39 is 27.6 Å². The number of rotatable bonds is 5. The van der Waals surface area contributed by atoms with Gasteiger partial charge in [-0.2, -0.15) is 0 Å². The van der Waals surface area contributed by atoms with Crippen molar-refractivity contribution in [1.29, 1.82) is 0 Å². The molecule has 0 spiro atoms. The molecule has 0 unspecified atom stereocenters. The maximum absolute atomic E-state index is 12.8. The number of halogens is 1. The lowest BCUT2D eigenvalue weighted by Crippen LogP contribution is -2.50. The number of sulfone groups is 1. The van der Waals surface area contributed by atoms with Crippen molar-refractivity contribution in [3.05, 3.63) is 41.4 Å². The number of amides is 2. The molecule has 2 fully saturated rings. The van der Waals surface area contributed by atoms with Gasteiger partial charge < -0.3 is 19.6 Å². The van der Waals surface area contributed by atoms with E-state index in [0.29, 0.717) is 49.5 Å². The van der Waals surface area contributed by atoms with Crippen LogP contribution in [0.1, 0.15) is 12.8 Å². The lowest BCUT2D eigenvalue weighted by molar-refractivity contribution is -0.140. The van der Waals surface area contributed by atoms with Gasteiger partial charge in [0, 0.05) is 24.2 Å². The zero-order valence-corrected chi connectivity index (χ0v) is 18.3. The highest BCUT2D eigenvalue weighted by Crippen LogP contribution is 2.24. The van der Waals surface area contributed by atoms with Crippen LogP contribution in [0.4, 0.5) is 4.79 Å². The summed E-state index contributed by atoms with van der Waals surface area (Å²) >= 11 is 5.96. The molecule has 1 N–H and O–H groups in total. The van der Waals surface area contributed by atoms with E-state index in [-0.39, 0.29) is 17.0 Å². The number of carbonyl (C=O) groups is 2. The second kappa shape index (κ2) is 8.64. The van der Waals surface area contributed by atoms with Gasteiger partial charge in [-0.1, -0.05) is 23.7 Å². The Morgan fingerprint density at radius 3 is 2.48 bits per heavy atom. The molecule has 2 amide bonds. The van der Waals surface area contributed by atoms with Crippen LogP contribution in [0.25, 0.3) is 10.8 Å². The third-order valence-electron chi connectivity index (χ3n) is 5.80. The molecule has 0 saturated carbocycles. The minimum Gasteiger partial charge on any atom is -0.448 e. The number of hydrogen-bond acceptors (Lipinski definition) is 6. The number of aliphatic hydroxyl groups is 1. The molecule has 0 radical (unpaired) electrons. The Labute approximate surface area is 185 Å². The number of piperidine rings is 1. The van der Waals surface area contributed by atoms with Crippen LogP contribution in [0.5, 0.6) is 0 Å². The Morgan fingerprint density at radius 2 is 1.81 bits per heavy atom. The lowest BCUT2D eigenvalue weighted by atomic mass is 10.0. The van der Waals surface area contributed by atoms with Crippen molar-refractivity contribution in [1.82, 2.24) is 9.80 Å². The average molecular weight is 467 g/mol. The van der Waals surface area contributed by atoms with Crippen LogP contribution >= 0.6 is 11.6 Å². The second-order valence-corrected chi connectivity index (χ2v) is 10.3. The molecule has 2 aromatic carbocycles. The largest absolute Gasteiger partial charge is 0.448 e. The maximum Gasteiger partial charge on any atom is 0.410 e. The molecule has 10 heteroatoms. The summed E-state index contributed by atoms with van der Waals surface area (Å²) in [6, 6.07) is 9.73. The van der Waals surface area contributed by atoms with Crippen molar-refractivity contribution in [2.24, 2.45) is 0 Å². The van der Waals surface area contributed by atoms with Crippen LogP contribution in [-0.4, -0.2) is 79.5 Å². The number of likely N-dealkylation sites (tertiary alicyclic amines) is 1. The van der Waals surface area contributed by atoms with Gasteiger partial charge in [0.25, 0.3) is 5.91 Å². The molecule has 166 valence electrons. The quantitative estimate of drug-likeness (QED) is 0.723. The first kappa shape index (κ1) is 21.9. The molecule has 2 saturated heterocycles. The summed E-state index contributed by atoms with van der Waals surface area (Å²) in [5, 5.41) is 12.4. The summed E-state index contributed by atoms with van der Waals surface area (Å²) in [5.41, 5.74) is 0. The average Bonchev–Trinajstić information content (AvgIpc) is 3.18. The standard InChI is InChI=1S/C21H23ClN2O6S/c22-16-3-1-15-12-18(4-2-14(15)11-16)31(28,29)13-19(25)20(26)23-7-5-17(6-8-23)24-9-10-30-21(24)27/h1-4,11-12,17,19,25H,5-10,13H2/t19-/m1/s1. The Hall–Kier alpha value is -2.36. The third-order valence-corrected chi connectivity index (χ3v) is 7.77. The minimum atomic E-state index is -3.88. The SMILES string of the molecule is O=C([C@H](O)CS(=O)(=O)c1ccc2cc(Cl)ccc2c1)N1CCC(N2CCOC2=O)CC1. The van der Waals surface area contributed by atoms with E-state index >= 15 is 0 Å². The van der Waals surface area contributed by atoms with Gasteiger partial charge in [-0.05, 0) is 47.9 Å². The van der Waals surface area contributed by atoms with Crippen molar-refractivity contribution in [3.63, 3.8) is 0 Å². The molecule has 2 aliphatic heterocycles. The van der Waals surface area contributed by atoms with Crippen LogP contribution in [-0.2, 0) is 19.4 Å². The summed E-state index contributed by atoms with van der Waals surface area (Å²) in [7, 11) is -3.88. The number of hydrogen-bond donors (Lipinski definition) is 1. The van der Waals surface area contributed by atoms with E-state index in [2.05, 4.69) is 0 Å². The number of fused-ring (bicyclic) bond motifs is 1. The zero-order chi connectivity index (χ0) is 22.2. The van der Waals surface area contributed by atoms with Crippen molar-refractivity contribution < 1.29 is 27.9 Å². The maximum atomic E-state index is 12.8. The number of cyclic esters (lactones) is 1. The van der Waals surface area contributed by atoms with E-state index in [9.17, 15) is 23.1 Å². The van der Waals surface area contributed by atoms with Gasteiger partial charge in [-0.3, -0.25) is 4.79 Å². The van der Waals surface area contributed by atoms with E-state index in [1.165, 1.54) is 17.0 Å². The first-order valence-corrected chi connectivity index (χ1v) is 12.1. The molecule has 2 aromatic rings. The van der Waals surface area contributed by atoms with Crippen molar-refractivity contribution in [2.45, 2.75) is 29.9 Å². The summed E-state index contributed by atoms with van der Waals surface area (Å²) in [4.78, 5) is 27.5. The summed E-state index contributed by atoms with van der Waals surface area (Å²) in [5.74, 6) is -1.30. The van der Waals surface area contributed by atoms with Crippen molar-refractivity contribution >= 4 is 44.2 Å². The van der Waals surface area contributed by atoms with Crippen molar-refractivity contribution in [2.75, 3.05) is 32.0 Å². The minimum absolute atomic E-state index is 0.00831. The highest BCUT2D eigenvalue weighted by Gasteiger charge is 2.35. The normalized spacial score (nSPS) is 19.0. The zero-order valence-electron chi connectivity index (χ0n) is 16.7. The molecule has 31 heavy (non-hydrogen) atoms. The van der Waals surface area contributed by atoms with E-state index in [1.807, 2.05) is 0 Å². The predicted octanol–water partition coefficient (Wildman–Crippen LogP) is 2.07. The predicted molar refractivity (Wildman–Crippen MR) is 115 cm³/mol. The van der Waals surface area contributed by atoms with Crippen LogP contribution < -0.4 is 0 Å². The number of carbonyl (C=O) groups excluding carboxylic acids is 2. The molecule has 2 heterocycles. The van der Waals surface area contributed by atoms with Gasteiger partial charge in [0.2, 0.25) is 0 Å². The molecule has 2 aliphatic rings. The Morgan fingerprint density at radius 1 is 1.13 bits per heavy atom. The van der Waals surface area contributed by atoms with Gasteiger partial charge >= 0.3 is 6.09 Å². The fourth-order valence-electron chi connectivity index (χ4n) is 4.11. The molecule has 0 bridgehead atoms. The van der Waals surface area contributed by atoms with E-state index in [4.69, 9.17) is 16.3 Å². The summed E-state index contributed by atoms with van der Waals surface area (Å²) < 4.78 is 30.5. The molecule has 0 aliphatic carbocycles. The molecule has 0 aromatic heterocycles. The first-order valence-electron chi connectivity index (χ1n) is 10.1. The topological polar surface area (TPSA) is 104 Å². The van der Waals surface area contributed by atoms with Crippen molar-refractivity contribution in [3.8, 4) is 0 Å². The highest BCUT2D eigenvalue weighted by atomic mass is 35.5. The van der Waals surface area contributed by atoms with E-state index in [0.717, 1.165) is 5.39 Å². The molecular formula is C21H23ClN2O6S. The molecule has 1 atom stereocenters. The van der Waals surface area contributed by atoms with Crippen LogP contribution in [0.2, 0.25) is 5.02 Å². The smallest absolute Gasteiger partial charge is 0.410 e. The summed E-state index contributed by atoms with van der Waals surface area (Å²) in [6.07, 6.45) is -0.867. The Kier molecular flexibility index (Phi) is 6.09. The highest BCUT2D eigenvalue weighted by molar-refractivity contribution is 7.91. The Bertz CT molecular complexity index is 1110. The fraction of sp³-hybridized carbons (Fsp3) is 0.429. The molecule has 4 rings (SSSR count). The van der Waals surface area contributed by atoms with Gasteiger partial charge in [0.15, 0.2) is 9.84 Å². The van der Waals surface area contributed by atoms with E-state index in [1.54, 1.807) is 29.2 Å². The number of aliphatic hydroxyl groups excluding tert-OH is 1. The monoisotopic (exact) mass is 466 g/mol. The summed E-state index contributed by atoms with van der Waals surface area (Å²) in [6.45, 7) is 1.61. The molecule has 8 nitrogen and oxygen atoms in total. The first-order chi connectivity index (χ1) is 14.7. The number of ether oxygens (including phenoxy) is 1. The fourth-order valence-corrected chi connectivity index (χ4v) is 5.62.